The van der Waals surface area contributed by atoms with Gasteiger partial charge in [-0.1, -0.05) is 0 Å². The molecule has 0 saturated heterocycles. The number of hydrogen-bond acceptors (Lipinski definition) is 3. The fourth-order valence-corrected chi connectivity index (χ4v) is 1.51. The second-order valence-corrected chi connectivity index (χ2v) is 4.01. The van der Waals surface area contributed by atoms with Crippen LogP contribution in [0.2, 0.25) is 0 Å². The van der Waals surface area contributed by atoms with Gasteiger partial charge in [0.15, 0.2) is 0 Å². The van der Waals surface area contributed by atoms with Gasteiger partial charge in [0.1, 0.15) is 0 Å². The Hall–Kier alpha value is -1.85. The van der Waals surface area contributed by atoms with Gasteiger partial charge < -0.3 is 10.4 Å². The summed E-state index contributed by atoms with van der Waals surface area (Å²) >= 11 is 0. The van der Waals surface area contributed by atoms with E-state index in [4.69, 9.17) is 5.11 Å². The van der Waals surface area contributed by atoms with E-state index in [1.807, 2.05) is 6.92 Å². The average molecular weight is 239 g/mol. The van der Waals surface area contributed by atoms with Crippen molar-refractivity contribution in [3.8, 4) is 0 Å². The number of aromatic nitrogens is 2. The highest BCUT2D eigenvalue weighted by Gasteiger charge is 2.09. The molecule has 0 aliphatic heterocycles. The molecule has 0 fully saturated rings. The predicted octanol–water partition coefficient (Wildman–Crippen LogP) is 0.712. The van der Waals surface area contributed by atoms with Crippen molar-refractivity contribution in [2.24, 2.45) is 0 Å². The minimum atomic E-state index is -0.805. The molecule has 17 heavy (non-hydrogen) atoms. The molecule has 1 heterocycles. The Kier molecular flexibility index (Phi) is 5.19. The van der Waals surface area contributed by atoms with Crippen molar-refractivity contribution >= 4 is 11.9 Å². The molecule has 3 N–H and O–H groups in total. The number of nitrogens with zero attached hydrogens (tertiary/aromatic N) is 1. The number of aliphatic carboxylic acids is 1. The summed E-state index contributed by atoms with van der Waals surface area (Å²) < 4.78 is 0. The second kappa shape index (κ2) is 6.67. The van der Waals surface area contributed by atoms with Gasteiger partial charge in [0.25, 0.3) is 0 Å². The summed E-state index contributed by atoms with van der Waals surface area (Å²) in [5, 5.41) is 17.8. The standard InChI is InChI=1S/C11H17N3O3/c1-8(3-2-4-11(16)17)13-10(15)7-9-5-6-12-14-9/h5-6,8H,2-4,7H2,1H3,(H,12,14)(H,13,15)(H,16,17). The fraction of sp³-hybridized carbons (Fsp3) is 0.545. The first-order valence-corrected chi connectivity index (χ1v) is 5.57. The third kappa shape index (κ3) is 5.70. The largest absolute Gasteiger partial charge is 0.481 e. The summed E-state index contributed by atoms with van der Waals surface area (Å²) in [5.74, 6) is -0.891. The predicted molar refractivity (Wildman–Crippen MR) is 61.4 cm³/mol. The molecule has 1 unspecified atom stereocenters. The maximum Gasteiger partial charge on any atom is 0.303 e. The average Bonchev–Trinajstić information content (AvgIpc) is 2.69. The molecule has 1 rings (SSSR count). The van der Waals surface area contributed by atoms with Crippen molar-refractivity contribution in [2.75, 3.05) is 0 Å². The number of hydrogen-bond donors (Lipinski definition) is 3. The maximum absolute atomic E-state index is 11.5. The van der Waals surface area contributed by atoms with Gasteiger partial charge in [-0.25, -0.2) is 0 Å². The molecule has 1 aromatic rings. The van der Waals surface area contributed by atoms with E-state index in [-0.39, 0.29) is 24.8 Å². The number of rotatable bonds is 7. The molecule has 0 radical (unpaired) electrons. The molecule has 6 heteroatoms. The van der Waals surface area contributed by atoms with E-state index in [2.05, 4.69) is 15.5 Å². The van der Waals surface area contributed by atoms with Gasteiger partial charge in [-0.15, -0.1) is 0 Å². The van der Waals surface area contributed by atoms with E-state index in [0.29, 0.717) is 12.8 Å². The van der Waals surface area contributed by atoms with Crippen molar-refractivity contribution in [2.45, 2.75) is 38.6 Å². The quantitative estimate of drug-likeness (QED) is 0.653. The molecule has 1 amide bonds. The van der Waals surface area contributed by atoms with Crippen LogP contribution >= 0.6 is 0 Å². The van der Waals surface area contributed by atoms with Crippen molar-refractivity contribution in [1.29, 1.82) is 0 Å². The van der Waals surface area contributed by atoms with Crippen molar-refractivity contribution in [3.63, 3.8) is 0 Å². The van der Waals surface area contributed by atoms with Crippen molar-refractivity contribution in [1.82, 2.24) is 15.5 Å². The smallest absolute Gasteiger partial charge is 0.303 e. The Labute approximate surface area is 99.4 Å². The van der Waals surface area contributed by atoms with Gasteiger partial charge in [-0.2, -0.15) is 5.10 Å². The molecule has 0 saturated carbocycles. The first kappa shape index (κ1) is 13.2. The van der Waals surface area contributed by atoms with Crippen LogP contribution in [0.25, 0.3) is 0 Å². The van der Waals surface area contributed by atoms with E-state index in [9.17, 15) is 9.59 Å². The zero-order chi connectivity index (χ0) is 12.7. The number of carboxylic acids is 1. The Bertz CT molecular complexity index is 362. The molecule has 0 aromatic carbocycles. The van der Waals surface area contributed by atoms with Gasteiger partial charge in [0, 0.05) is 24.4 Å². The zero-order valence-corrected chi connectivity index (χ0v) is 9.77. The molecule has 94 valence electrons. The number of aromatic amines is 1. The highest BCUT2D eigenvalue weighted by atomic mass is 16.4. The topological polar surface area (TPSA) is 95.1 Å². The summed E-state index contributed by atoms with van der Waals surface area (Å²) in [4.78, 5) is 21.9. The number of carbonyl (C=O) groups excluding carboxylic acids is 1. The van der Waals surface area contributed by atoms with Crippen LogP contribution in [0.5, 0.6) is 0 Å². The normalized spacial score (nSPS) is 12.1. The van der Waals surface area contributed by atoms with Crippen LogP contribution in [-0.2, 0) is 16.0 Å². The summed E-state index contributed by atoms with van der Waals surface area (Å²) in [6.07, 6.45) is 3.24. The van der Waals surface area contributed by atoms with E-state index >= 15 is 0 Å². The Morgan fingerprint density at radius 3 is 2.94 bits per heavy atom. The molecule has 0 aliphatic carbocycles. The molecular weight excluding hydrogens is 222 g/mol. The fourth-order valence-electron chi connectivity index (χ4n) is 1.51. The number of nitrogens with one attached hydrogen (secondary N) is 2. The lowest BCUT2D eigenvalue weighted by molar-refractivity contribution is -0.137. The van der Waals surface area contributed by atoms with Crippen LogP contribution in [0, 0.1) is 0 Å². The summed E-state index contributed by atoms with van der Waals surface area (Å²) in [6, 6.07) is 1.74. The molecule has 1 aromatic heterocycles. The highest BCUT2D eigenvalue weighted by Crippen LogP contribution is 2.01. The zero-order valence-electron chi connectivity index (χ0n) is 9.77. The Morgan fingerprint density at radius 1 is 1.59 bits per heavy atom. The number of H-pyrrole nitrogens is 1. The van der Waals surface area contributed by atoms with E-state index in [1.54, 1.807) is 12.3 Å². The minimum absolute atomic E-state index is 0.00947. The van der Waals surface area contributed by atoms with Gasteiger partial charge >= 0.3 is 5.97 Å². The summed E-state index contributed by atoms with van der Waals surface area (Å²) in [7, 11) is 0. The van der Waals surface area contributed by atoms with Crippen LogP contribution in [0.15, 0.2) is 12.3 Å². The second-order valence-electron chi connectivity index (χ2n) is 4.01. The molecule has 0 aliphatic rings. The highest BCUT2D eigenvalue weighted by molar-refractivity contribution is 5.78. The van der Waals surface area contributed by atoms with Gasteiger partial charge in [0.05, 0.1) is 6.42 Å². The van der Waals surface area contributed by atoms with Crippen LogP contribution in [-0.4, -0.2) is 33.2 Å². The molecule has 1 atom stereocenters. The van der Waals surface area contributed by atoms with Crippen LogP contribution < -0.4 is 5.32 Å². The van der Waals surface area contributed by atoms with Crippen molar-refractivity contribution in [3.05, 3.63) is 18.0 Å². The lowest BCUT2D eigenvalue weighted by Crippen LogP contribution is -2.33. The number of carboxylic acid groups (broad SMARTS) is 1. The first-order chi connectivity index (χ1) is 8.08. The van der Waals surface area contributed by atoms with E-state index in [1.165, 1.54) is 0 Å². The number of amides is 1. The lowest BCUT2D eigenvalue weighted by Gasteiger charge is -2.12. The third-order valence-electron chi connectivity index (χ3n) is 2.34. The maximum atomic E-state index is 11.5. The van der Waals surface area contributed by atoms with E-state index < -0.39 is 5.97 Å². The monoisotopic (exact) mass is 239 g/mol. The molecule has 6 nitrogen and oxygen atoms in total. The van der Waals surface area contributed by atoms with Crippen LogP contribution in [0.1, 0.15) is 31.9 Å². The van der Waals surface area contributed by atoms with Crippen molar-refractivity contribution < 1.29 is 14.7 Å². The van der Waals surface area contributed by atoms with Gasteiger partial charge in [-0.3, -0.25) is 14.7 Å². The van der Waals surface area contributed by atoms with Crippen LogP contribution in [0.4, 0.5) is 0 Å². The first-order valence-electron chi connectivity index (χ1n) is 5.57. The molecular formula is C11H17N3O3. The SMILES string of the molecule is CC(CCCC(=O)O)NC(=O)Cc1ccn[nH]1. The third-order valence-corrected chi connectivity index (χ3v) is 2.34. The Balaban J connectivity index is 2.19. The van der Waals surface area contributed by atoms with E-state index in [0.717, 1.165) is 5.69 Å². The van der Waals surface area contributed by atoms with Gasteiger partial charge in [0.2, 0.25) is 5.91 Å². The molecule has 0 bridgehead atoms. The Morgan fingerprint density at radius 2 is 2.35 bits per heavy atom. The lowest BCUT2D eigenvalue weighted by atomic mass is 10.1. The molecule has 0 spiro atoms. The summed E-state index contributed by atoms with van der Waals surface area (Å²) in [5.41, 5.74) is 0.764. The minimum Gasteiger partial charge on any atom is -0.481 e. The van der Waals surface area contributed by atoms with Gasteiger partial charge in [-0.05, 0) is 25.8 Å². The summed E-state index contributed by atoms with van der Waals surface area (Å²) in [6.45, 7) is 1.87. The number of carbonyl (C=O) groups is 2. The van der Waals surface area contributed by atoms with Crippen LogP contribution in [0.3, 0.4) is 0 Å².